The Bertz CT molecular complexity index is 808. The van der Waals surface area contributed by atoms with Crippen LogP contribution in [0, 0.1) is 16.7 Å². The summed E-state index contributed by atoms with van der Waals surface area (Å²) in [5.74, 6) is -1.44. The second-order valence-electron chi connectivity index (χ2n) is 7.30. The molecule has 0 saturated heterocycles. The Morgan fingerprint density at radius 1 is 0.815 bits per heavy atom. The molecule has 0 N–H and O–H groups in total. The Morgan fingerprint density at radius 3 is 1.59 bits per heavy atom. The Labute approximate surface area is 159 Å². The molecule has 1 unspecified atom stereocenters. The van der Waals surface area contributed by atoms with Crippen LogP contribution < -0.4 is 0 Å². The highest BCUT2D eigenvalue weighted by molar-refractivity contribution is 6.06. The summed E-state index contributed by atoms with van der Waals surface area (Å²) in [6.07, 6.45) is 2.01. The molecule has 1 saturated carbocycles. The summed E-state index contributed by atoms with van der Waals surface area (Å²) >= 11 is 0. The van der Waals surface area contributed by atoms with Gasteiger partial charge in [-0.2, -0.15) is 0 Å². The number of rotatable bonds is 5. The number of hydrogen-bond donors (Lipinski definition) is 0. The lowest BCUT2D eigenvalue weighted by Gasteiger charge is -2.15. The van der Waals surface area contributed by atoms with Gasteiger partial charge in [0.05, 0.1) is 14.2 Å². The van der Waals surface area contributed by atoms with Gasteiger partial charge in [0.25, 0.3) is 0 Å². The number of carbonyl (C=O) groups is 2. The zero-order chi connectivity index (χ0) is 19.7. The zero-order valence-corrected chi connectivity index (χ0v) is 16.1. The van der Waals surface area contributed by atoms with E-state index in [1.807, 2.05) is 80.6 Å². The van der Waals surface area contributed by atoms with Gasteiger partial charge in [-0.1, -0.05) is 80.6 Å². The van der Waals surface area contributed by atoms with Crippen molar-refractivity contribution in [2.24, 2.45) is 16.7 Å². The summed E-state index contributed by atoms with van der Waals surface area (Å²) in [6, 6.07) is 19.9. The van der Waals surface area contributed by atoms with Crippen molar-refractivity contribution >= 4 is 17.5 Å². The molecule has 1 aliphatic carbocycles. The van der Waals surface area contributed by atoms with Gasteiger partial charge < -0.3 is 9.47 Å². The summed E-state index contributed by atoms with van der Waals surface area (Å²) < 4.78 is 9.98. The first-order chi connectivity index (χ1) is 12.9. The summed E-state index contributed by atoms with van der Waals surface area (Å²) in [5, 5.41) is 0. The first-order valence-corrected chi connectivity index (χ1v) is 8.90. The standard InChI is InChI=1S/C23H24O4/c1-22(2)19(23(22,20(24)26-3)21(25)27-4)15-18(16-11-7-5-8-12-16)17-13-9-6-10-14-17/h5-15,19H,1-4H3. The Hall–Kier alpha value is -2.88. The summed E-state index contributed by atoms with van der Waals surface area (Å²) in [4.78, 5) is 25.2. The lowest BCUT2D eigenvalue weighted by Crippen LogP contribution is -2.33. The number of benzene rings is 2. The third-order valence-corrected chi connectivity index (χ3v) is 5.69. The molecule has 0 radical (unpaired) electrons. The van der Waals surface area contributed by atoms with Crippen molar-refractivity contribution in [2.75, 3.05) is 14.2 Å². The highest BCUT2D eigenvalue weighted by atomic mass is 16.5. The largest absolute Gasteiger partial charge is 0.468 e. The number of hydrogen-bond acceptors (Lipinski definition) is 4. The number of ether oxygens (including phenoxy) is 2. The van der Waals surface area contributed by atoms with Crippen molar-refractivity contribution in [1.29, 1.82) is 0 Å². The molecule has 27 heavy (non-hydrogen) atoms. The number of esters is 2. The van der Waals surface area contributed by atoms with Crippen LogP contribution in [-0.2, 0) is 19.1 Å². The fourth-order valence-electron chi connectivity index (χ4n) is 4.08. The zero-order valence-electron chi connectivity index (χ0n) is 16.1. The molecule has 3 rings (SSSR count). The first-order valence-electron chi connectivity index (χ1n) is 8.90. The maximum atomic E-state index is 12.6. The van der Waals surface area contributed by atoms with Gasteiger partial charge in [-0.3, -0.25) is 9.59 Å². The van der Waals surface area contributed by atoms with Gasteiger partial charge in [-0.25, -0.2) is 0 Å². The Morgan fingerprint density at radius 2 is 1.22 bits per heavy atom. The fraction of sp³-hybridized carbons (Fsp3) is 0.304. The van der Waals surface area contributed by atoms with E-state index in [9.17, 15) is 9.59 Å². The first kappa shape index (κ1) is 18.9. The predicted octanol–water partition coefficient (Wildman–Crippen LogP) is 4.11. The molecule has 0 heterocycles. The van der Waals surface area contributed by atoms with Gasteiger partial charge in [0.1, 0.15) is 0 Å². The Balaban J connectivity index is 2.16. The van der Waals surface area contributed by atoms with Gasteiger partial charge in [-0.05, 0) is 16.7 Å². The van der Waals surface area contributed by atoms with Crippen molar-refractivity contribution in [3.63, 3.8) is 0 Å². The smallest absolute Gasteiger partial charge is 0.324 e. The molecule has 2 aromatic carbocycles. The number of allylic oxidation sites excluding steroid dienone is 1. The molecular weight excluding hydrogens is 340 g/mol. The average molecular weight is 364 g/mol. The molecule has 1 atom stereocenters. The van der Waals surface area contributed by atoms with Crippen LogP contribution in [0.3, 0.4) is 0 Å². The van der Waals surface area contributed by atoms with Crippen LogP contribution in [0.25, 0.3) is 5.57 Å². The monoisotopic (exact) mass is 364 g/mol. The maximum Gasteiger partial charge on any atom is 0.324 e. The molecule has 4 heteroatoms. The van der Waals surface area contributed by atoms with Crippen LogP contribution in [-0.4, -0.2) is 26.2 Å². The van der Waals surface area contributed by atoms with Crippen LogP contribution in [0.4, 0.5) is 0 Å². The minimum absolute atomic E-state index is 0.333. The molecule has 0 bridgehead atoms. The molecule has 2 aromatic rings. The molecule has 0 aliphatic heterocycles. The Kier molecular flexibility index (Phi) is 4.92. The molecule has 0 spiro atoms. The van der Waals surface area contributed by atoms with Gasteiger partial charge in [0.2, 0.25) is 0 Å². The lowest BCUT2D eigenvalue weighted by atomic mass is 9.94. The van der Waals surface area contributed by atoms with Crippen molar-refractivity contribution in [3.05, 3.63) is 77.9 Å². The normalized spacial score (nSPS) is 18.9. The third-order valence-electron chi connectivity index (χ3n) is 5.69. The van der Waals surface area contributed by atoms with Crippen LogP contribution in [0.2, 0.25) is 0 Å². The van der Waals surface area contributed by atoms with Crippen LogP contribution >= 0.6 is 0 Å². The van der Waals surface area contributed by atoms with Crippen LogP contribution in [0.5, 0.6) is 0 Å². The van der Waals surface area contributed by atoms with E-state index in [0.717, 1.165) is 16.7 Å². The average Bonchev–Trinajstić information content (AvgIpc) is 3.21. The van der Waals surface area contributed by atoms with Crippen LogP contribution in [0.15, 0.2) is 66.7 Å². The molecule has 1 fully saturated rings. The van der Waals surface area contributed by atoms with Crippen molar-refractivity contribution < 1.29 is 19.1 Å². The highest BCUT2D eigenvalue weighted by Gasteiger charge is 2.81. The van der Waals surface area contributed by atoms with Crippen molar-refractivity contribution in [1.82, 2.24) is 0 Å². The molecule has 0 aromatic heterocycles. The van der Waals surface area contributed by atoms with Gasteiger partial charge in [0, 0.05) is 11.3 Å². The van der Waals surface area contributed by atoms with Gasteiger partial charge >= 0.3 is 11.9 Å². The van der Waals surface area contributed by atoms with Crippen molar-refractivity contribution in [3.8, 4) is 0 Å². The molecule has 0 amide bonds. The highest BCUT2D eigenvalue weighted by Crippen LogP contribution is 2.71. The van der Waals surface area contributed by atoms with Gasteiger partial charge in [0.15, 0.2) is 5.41 Å². The topological polar surface area (TPSA) is 52.6 Å². The minimum atomic E-state index is -1.33. The summed E-state index contributed by atoms with van der Waals surface area (Å²) in [7, 11) is 2.61. The molecule has 140 valence electrons. The van der Waals surface area contributed by atoms with E-state index in [4.69, 9.17) is 9.47 Å². The number of methoxy groups -OCH3 is 2. The van der Waals surface area contributed by atoms with E-state index in [2.05, 4.69) is 0 Å². The van der Waals surface area contributed by atoms with E-state index in [-0.39, 0.29) is 5.92 Å². The molecular formula is C23H24O4. The molecule has 1 aliphatic rings. The molecule has 4 nitrogen and oxygen atoms in total. The second-order valence-corrected chi connectivity index (χ2v) is 7.30. The second kappa shape index (κ2) is 7.03. The van der Waals surface area contributed by atoms with Gasteiger partial charge in [-0.15, -0.1) is 0 Å². The van der Waals surface area contributed by atoms with E-state index < -0.39 is 22.8 Å². The quantitative estimate of drug-likeness (QED) is 0.592. The lowest BCUT2D eigenvalue weighted by molar-refractivity contribution is -0.163. The minimum Gasteiger partial charge on any atom is -0.468 e. The third kappa shape index (κ3) is 2.85. The van der Waals surface area contributed by atoms with E-state index in [1.165, 1.54) is 14.2 Å². The number of carbonyl (C=O) groups excluding carboxylic acids is 2. The van der Waals surface area contributed by atoms with E-state index >= 15 is 0 Å². The summed E-state index contributed by atoms with van der Waals surface area (Å²) in [5.41, 5.74) is 1.09. The maximum absolute atomic E-state index is 12.6. The van der Waals surface area contributed by atoms with Crippen molar-refractivity contribution in [2.45, 2.75) is 13.8 Å². The van der Waals surface area contributed by atoms with E-state index in [0.29, 0.717) is 0 Å². The van der Waals surface area contributed by atoms with E-state index in [1.54, 1.807) is 0 Å². The fourth-order valence-corrected chi connectivity index (χ4v) is 4.08. The SMILES string of the molecule is COC(=O)C1(C(=O)OC)C(C=C(c2ccccc2)c2ccccc2)C1(C)C. The summed E-state index contributed by atoms with van der Waals surface area (Å²) in [6.45, 7) is 3.80. The van der Waals surface area contributed by atoms with Crippen LogP contribution in [0.1, 0.15) is 25.0 Å². The predicted molar refractivity (Wildman–Crippen MR) is 104 cm³/mol.